The lowest BCUT2D eigenvalue weighted by molar-refractivity contribution is -0.524. The second-order valence-electron chi connectivity index (χ2n) is 5.46. The minimum Gasteiger partial charge on any atom is -0.744 e. The third-order valence-electron chi connectivity index (χ3n) is 3.68. The quantitative estimate of drug-likeness (QED) is 0.674. The molecule has 5 nitrogen and oxygen atoms in total. The van der Waals surface area contributed by atoms with E-state index in [0.29, 0.717) is 0 Å². The van der Waals surface area contributed by atoms with Crippen LogP contribution in [0.25, 0.3) is 0 Å². The van der Waals surface area contributed by atoms with Crippen LogP contribution in [0.1, 0.15) is 17.5 Å². The van der Waals surface area contributed by atoms with Crippen molar-refractivity contribution in [1.82, 2.24) is 0 Å². The lowest BCUT2D eigenvalue weighted by atomic mass is 10.0. The topological polar surface area (TPSA) is 80.4 Å². The molecule has 0 bridgehead atoms. The minimum absolute atomic E-state index is 0.185. The van der Waals surface area contributed by atoms with Crippen molar-refractivity contribution in [2.45, 2.75) is 17.7 Å². The molecule has 128 valence electrons. The van der Waals surface area contributed by atoms with Gasteiger partial charge in [0.15, 0.2) is 6.21 Å². The molecule has 0 spiro atoms. The van der Waals surface area contributed by atoms with E-state index in [1.807, 2.05) is 0 Å². The molecular formula is C18H21NO4S. The molecule has 6 heteroatoms. The highest BCUT2D eigenvalue weighted by atomic mass is 32.2. The van der Waals surface area contributed by atoms with E-state index in [2.05, 4.69) is 35.1 Å². The molecule has 0 saturated carbocycles. The van der Waals surface area contributed by atoms with Crippen molar-refractivity contribution in [2.75, 3.05) is 19.7 Å². The Morgan fingerprint density at radius 1 is 1.04 bits per heavy atom. The van der Waals surface area contributed by atoms with Gasteiger partial charge < -0.3 is 9.66 Å². The van der Waals surface area contributed by atoms with Crippen LogP contribution in [-0.4, -0.2) is 48.6 Å². The summed E-state index contributed by atoms with van der Waals surface area (Å²) in [7, 11) is -4.25. The molecule has 2 aromatic carbocycles. The zero-order valence-corrected chi connectivity index (χ0v) is 14.2. The third kappa shape index (κ3) is 5.56. The number of fused-ring (bicyclic) bond motifs is 1. The van der Waals surface area contributed by atoms with Gasteiger partial charge in [0, 0.05) is 25.0 Å². The highest BCUT2D eigenvalue weighted by molar-refractivity contribution is 7.85. The van der Waals surface area contributed by atoms with Gasteiger partial charge in [0.25, 0.3) is 0 Å². The summed E-state index contributed by atoms with van der Waals surface area (Å²) in [4.78, 5) is -0.185. The summed E-state index contributed by atoms with van der Waals surface area (Å²) in [5, 5.41) is 8.75. The summed E-state index contributed by atoms with van der Waals surface area (Å²) in [5.41, 5.74) is 2.77. The van der Waals surface area contributed by atoms with Gasteiger partial charge in [-0.05, 0) is 23.8 Å². The Hall–Kier alpha value is -2.02. The van der Waals surface area contributed by atoms with E-state index < -0.39 is 10.1 Å². The van der Waals surface area contributed by atoms with Gasteiger partial charge >= 0.3 is 0 Å². The average Bonchev–Trinajstić information content (AvgIpc) is 2.60. The van der Waals surface area contributed by atoms with Gasteiger partial charge in [0.1, 0.15) is 23.2 Å². The van der Waals surface area contributed by atoms with Gasteiger partial charge in [0.2, 0.25) is 0 Å². The first-order chi connectivity index (χ1) is 11.5. The van der Waals surface area contributed by atoms with Crippen LogP contribution >= 0.6 is 0 Å². The molecule has 0 atom stereocenters. The average molecular weight is 347 g/mol. The molecule has 0 aliphatic carbocycles. The van der Waals surface area contributed by atoms with Crippen molar-refractivity contribution in [2.24, 2.45) is 0 Å². The highest BCUT2D eigenvalue weighted by Crippen LogP contribution is 2.11. The van der Waals surface area contributed by atoms with Gasteiger partial charge in [-0.3, -0.25) is 0 Å². The van der Waals surface area contributed by atoms with Crippen LogP contribution in [0, 0.1) is 0 Å². The Kier molecular flexibility index (Phi) is 6.66. The smallest absolute Gasteiger partial charge is 0.170 e. The van der Waals surface area contributed by atoms with Crippen LogP contribution in [0.5, 0.6) is 0 Å². The summed E-state index contributed by atoms with van der Waals surface area (Å²) < 4.78 is 33.1. The predicted octanol–water partition coefficient (Wildman–Crippen LogP) is 1.65. The summed E-state index contributed by atoms with van der Waals surface area (Å²) in [6, 6.07) is 15.7. The lowest BCUT2D eigenvalue weighted by Gasteiger charge is -2.11. The van der Waals surface area contributed by atoms with Crippen molar-refractivity contribution in [3.05, 3.63) is 65.7 Å². The molecule has 0 radical (unpaired) electrons. The Balaban J connectivity index is 0.000000185. The standard InChI is InChI=1S/C12H16NO.C6H6O3S/c14-9-3-7-13-8-6-11-4-1-2-5-12(11)10-13;7-10(8,9)6-4-2-1-3-5-6/h1-2,4-5,10,14H,3,6-9H2;1-5H,(H,7,8,9)/q+1;/p-1. The molecule has 0 aromatic heterocycles. The van der Waals surface area contributed by atoms with Gasteiger partial charge in [-0.2, -0.15) is 0 Å². The van der Waals surface area contributed by atoms with Crippen molar-refractivity contribution in [3.63, 3.8) is 0 Å². The maximum absolute atomic E-state index is 10.3. The fourth-order valence-corrected chi connectivity index (χ4v) is 2.94. The maximum atomic E-state index is 10.3. The third-order valence-corrected chi connectivity index (χ3v) is 4.53. The molecule has 0 amide bonds. The van der Waals surface area contributed by atoms with Crippen LogP contribution in [-0.2, 0) is 16.5 Å². The molecule has 3 rings (SSSR count). The van der Waals surface area contributed by atoms with Crippen LogP contribution in [0.4, 0.5) is 0 Å². The van der Waals surface area contributed by atoms with Crippen LogP contribution in [0.15, 0.2) is 59.5 Å². The maximum Gasteiger partial charge on any atom is 0.170 e. The fraction of sp³-hybridized carbons (Fsp3) is 0.278. The van der Waals surface area contributed by atoms with E-state index in [-0.39, 0.29) is 11.5 Å². The van der Waals surface area contributed by atoms with Gasteiger partial charge in [-0.25, -0.2) is 13.0 Å². The summed E-state index contributed by atoms with van der Waals surface area (Å²) >= 11 is 0. The SMILES string of the molecule is O=S(=O)([O-])c1ccccc1.OCCC[N+]1=Cc2ccccc2CC1. The molecule has 0 unspecified atom stereocenters. The van der Waals surface area contributed by atoms with Crippen molar-refractivity contribution in [3.8, 4) is 0 Å². The summed E-state index contributed by atoms with van der Waals surface area (Å²) in [6.45, 7) is 2.33. The molecule has 1 heterocycles. The number of aliphatic hydroxyl groups is 1. The van der Waals surface area contributed by atoms with Gasteiger partial charge in [0.05, 0.1) is 4.90 Å². The van der Waals surface area contributed by atoms with E-state index in [9.17, 15) is 13.0 Å². The Morgan fingerprint density at radius 3 is 2.33 bits per heavy atom. The first-order valence-electron chi connectivity index (χ1n) is 7.79. The van der Waals surface area contributed by atoms with E-state index in [0.717, 1.165) is 25.9 Å². The van der Waals surface area contributed by atoms with Crippen molar-refractivity contribution < 1.29 is 22.7 Å². The fourth-order valence-electron chi connectivity index (χ4n) is 2.45. The monoisotopic (exact) mass is 347 g/mol. The van der Waals surface area contributed by atoms with Crippen molar-refractivity contribution in [1.29, 1.82) is 0 Å². The predicted molar refractivity (Wildman–Crippen MR) is 91.4 cm³/mol. The first kappa shape index (κ1) is 18.3. The van der Waals surface area contributed by atoms with Crippen LogP contribution in [0.2, 0.25) is 0 Å². The molecule has 24 heavy (non-hydrogen) atoms. The lowest BCUT2D eigenvalue weighted by Crippen LogP contribution is -2.24. The number of hydrogen-bond acceptors (Lipinski definition) is 4. The Bertz CT molecular complexity index is 786. The largest absolute Gasteiger partial charge is 0.744 e. The molecule has 2 aromatic rings. The minimum atomic E-state index is -4.25. The Morgan fingerprint density at radius 2 is 1.71 bits per heavy atom. The van der Waals surface area contributed by atoms with Crippen LogP contribution in [0.3, 0.4) is 0 Å². The zero-order valence-electron chi connectivity index (χ0n) is 13.3. The van der Waals surface area contributed by atoms with Gasteiger partial charge in [-0.1, -0.05) is 36.4 Å². The Labute approximate surface area is 142 Å². The van der Waals surface area contributed by atoms with Crippen molar-refractivity contribution >= 4 is 16.3 Å². The van der Waals surface area contributed by atoms with Crippen LogP contribution < -0.4 is 0 Å². The van der Waals surface area contributed by atoms with E-state index >= 15 is 0 Å². The summed E-state index contributed by atoms with van der Waals surface area (Å²) in [6.07, 6.45) is 4.19. The number of rotatable bonds is 4. The number of hydrogen-bond donors (Lipinski definition) is 1. The van der Waals surface area contributed by atoms with E-state index in [4.69, 9.17) is 5.11 Å². The number of benzene rings is 2. The second-order valence-corrected chi connectivity index (χ2v) is 6.84. The zero-order chi connectivity index (χ0) is 17.4. The first-order valence-corrected chi connectivity index (χ1v) is 9.20. The molecule has 0 saturated heterocycles. The van der Waals surface area contributed by atoms with E-state index in [1.165, 1.54) is 35.4 Å². The van der Waals surface area contributed by atoms with Gasteiger partial charge in [-0.15, -0.1) is 0 Å². The molecule has 1 aliphatic heterocycles. The summed E-state index contributed by atoms with van der Waals surface area (Å²) in [5.74, 6) is 0. The molecule has 0 fully saturated rings. The number of aliphatic hydroxyl groups excluding tert-OH is 1. The van der Waals surface area contributed by atoms with E-state index in [1.54, 1.807) is 6.07 Å². The normalized spacial score (nSPS) is 13.3. The molecule has 1 aliphatic rings. The molecular weight excluding hydrogens is 326 g/mol. The molecule has 1 N–H and O–H groups in total. The second kappa shape index (κ2) is 8.73. The highest BCUT2D eigenvalue weighted by Gasteiger charge is 2.13. The number of nitrogens with zero attached hydrogens (tertiary/aromatic N) is 1.